The lowest BCUT2D eigenvalue weighted by atomic mass is 9.94. The van der Waals surface area contributed by atoms with Gasteiger partial charge in [-0.2, -0.15) is 0 Å². The third-order valence-electron chi connectivity index (χ3n) is 4.32. The molecule has 0 aromatic heterocycles. The van der Waals surface area contributed by atoms with Gasteiger partial charge in [0.05, 0.1) is 0 Å². The molecule has 1 unspecified atom stereocenters. The molecular formula is C19H20FNO. The molecule has 1 amide bonds. The third kappa shape index (κ3) is 3.35. The van der Waals surface area contributed by atoms with Crippen molar-refractivity contribution in [3.8, 4) is 0 Å². The summed E-state index contributed by atoms with van der Waals surface area (Å²) >= 11 is 0. The topological polar surface area (TPSA) is 20.3 Å². The number of carbonyl (C=O) groups is 1. The van der Waals surface area contributed by atoms with E-state index in [2.05, 4.69) is 12.1 Å². The maximum Gasteiger partial charge on any atom is 0.253 e. The van der Waals surface area contributed by atoms with E-state index in [-0.39, 0.29) is 11.7 Å². The summed E-state index contributed by atoms with van der Waals surface area (Å²) in [5, 5.41) is 0. The van der Waals surface area contributed by atoms with Crippen LogP contribution in [0.3, 0.4) is 0 Å². The molecule has 22 heavy (non-hydrogen) atoms. The summed E-state index contributed by atoms with van der Waals surface area (Å²) in [6, 6.07) is 16.2. The van der Waals surface area contributed by atoms with Gasteiger partial charge in [0.25, 0.3) is 5.91 Å². The van der Waals surface area contributed by atoms with Crippen LogP contribution >= 0.6 is 0 Å². The van der Waals surface area contributed by atoms with Gasteiger partial charge in [-0.3, -0.25) is 4.79 Å². The fraction of sp³-hybridized carbons (Fsp3) is 0.316. The second-order valence-electron chi connectivity index (χ2n) is 5.86. The first kappa shape index (κ1) is 14.8. The molecule has 0 aliphatic carbocycles. The third-order valence-corrected chi connectivity index (χ3v) is 4.32. The molecule has 1 aliphatic rings. The molecule has 1 heterocycles. The summed E-state index contributed by atoms with van der Waals surface area (Å²) in [7, 11) is 0. The first-order valence-corrected chi connectivity index (χ1v) is 7.84. The number of nitrogens with zero attached hydrogens (tertiary/aromatic N) is 1. The Labute approximate surface area is 130 Å². The Hall–Kier alpha value is -2.16. The highest BCUT2D eigenvalue weighted by atomic mass is 19.1. The number of benzene rings is 2. The number of hydrogen-bond acceptors (Lipinski definition) is 1. The van der Waals surface area contributed by atoms with Gasteiger partial charge in [-0.1, -0.05) is 36.8 Å². The smallest absolute Gasteiger partial charge is 0.253 e. The summed E-state index contributed by atoms with van der Waals surface area (Å²) in [5.74, 6) is 0.0745. The van der Waals surface area contributed by atoms with Gasteiger partial charge in [-0.15, -0.1) is 0 Å². The minimum Gasteiger partial charge on any atom is -0.338 e. The molecule has 1 fully saturated rings. The lowest BCUT2D eigenvalue weighted by molar-refractivity contribution is 0.0754. The summed E-state index contributed by atoms with van der Waals surface area (Å²) < 4.78 is 13.0. The molecule has 2 aromatic carbocycles. The lowest BCUT2D eigenvalue weighted by Gasteiger charge is -2.25. The molecule has 0 bridgehead atoms. The largest absolute Gasteiger partial charge is 0.338 e. The highest BCUT2D eigenvalue weighted by molar-refractivity contribution is 5.94. The van der Waals surface area contributed by atoms with Gasteiger partial charge in [-0.05, 0) is 42.7 Å². The quantitative estimate of drug-likeness (QED) is 0.812. The van der Waals surface area contributed by atoms with E-state index in [1.165, 1.54) is 17.7 Å². The second-order valence-corrected chi connectivity index (χ2v) is 5.86. The van der Waals surface area contributed by atoms with Crippen LogP contribution in [0.15, 0.2) is 54.6 Å². The molecular weight excluding hydrogens is 277 g/mol. The zero-order valence-electron chi connectivity index (χ0n) is 12.5. The molecule has 3 heteroatoms. The Bertz CT molecular complexity index is 624. The van der Waals surface area contributed by atoms with Crippen LogP contribution in [-0.4, -0.2) is 23.9 Å². The number of halogens is 1. The van der Waals surface area contributed by atoms with Crippen LogP contribution in [0.1, 0.15) is 41.1 Å². The normalized spacial score (nSPS) is 18.8. The number of likely N-dealkylation sites (tertiary alicyclic amines) is 1. The van der Waals surface area contributed by atoms with Crippen LogP contribution in [0.5, 0.6) is 0 Å². The number of rotatable bonds is 2. The molecule has 1 atom stereocenters. The molecule has 1 aliphatic heterocycles. The Morgan fingerprint density at radius 2 is 1.73 bits per heavy atom. The van der Waals surface area contributed by atoms with Gasteiger partial charge >= 0.3 is 0 Å². The van der Waals surface area contributed by atoms with E-state index < -0.39 is 0 Å². The maximum absolute atomic E-state index is 13.0. The summed E-state index contributed by atoms with van der Waals surface area (Å²) in [6.07, 6.45) is 3.26. The molecule has 114 valence electrons. The number of amides is 1. The summed E-state index contributed by atoms with van der Waals surface area (Å²) in [4.78, 5) is 14.6. The predicted molar refractivity (Wildman–Crippen MR) is 85.3 cm³/mol. The average molecular weight is 297 g/mol. The molecule has 2 nitrogen and oxygen atoms in total. The van der Waals surface area contributed by atoms with Crippen molar-refractivity contribution in [2.24, 2.45) is 0 Å². The van der Waals surface area contributed by atoms with Crippen molar-refractivity contribution in [1.82, 2.24) is 4.90 Å². The standard InChI is InChI=1S/C19H20FNO/c20-18-11-9-16(10-12-18)19(22)21-13-5-4-8-17(14-21)15-6-2-1-3-7-15/h1-3,6-7,9-12,17H,4-5,8,13-14H2. The molecule has 0 spiro atoms. The van der Waals surface area contributed by atoms with Gasteiger partial charge in [0.1, 0.15) is 5.82 Å². The van der Waals surface area contributed by atoms with Crippen molar-refractivity contribution in [1.29, 1.82) is 0 Å². The average Bonchev–Trinajstić information content (AvgIpc) is 2.82. The van der Waals surface area contributed by atoms with E-state index in [4.69, 9.17) is 0 Å². The minimum absolute atomic E-state index is 0.00262. The lowest BCUT2D eigenvalue weighted by Crippen LogP contribution is -2.34. The molecule has 1 saturated heterocycles. The zero-order valence-corrected chi connectivity index (χ0v) is 12.5. The van der Waals surface area contributed by atoms with Crippen molar-refractivity contribution in [2.45, 2.75) is 25.2 Å². The van der Waals surface area contributed by atoms with Crippen molar-refractivity contribution in [2.75, 3.05) is 13.1 Å². The van der Waals surface area contributed by atoms with Crippen LogP contribution in [0.2, 0.25) is 0 Å². The van der Waals surface area contributed by atoms with Crippen molar-refractivity contribution < 1.29 is 9.18 Å². The van der Waals surface area contributed by atoms with E-state index in [1.807, 2.05) is 23.1 Å². The minimum atomic E-state index is -0.311. The van der Waals surface area contributed by atoms with E-state index in [0.29, 0.717) is 11.5 Å². The van der Waals surface area contributed by atoms with Crippen molar-refractivity contribution in [3.05, 3.63) is 71.5 Å². The van der Waals surface area contributed by atoms with Crippen LogP contribution < -0.4 is 0 Å². The maximum atomic E-state index is 13.0. The van der Waals surface area contributed by atoms with Crippen LogP contribution in [0.4, 0.5) is 4.39 Å². The zero-order chi connectivity index (χ0) is 15.4. The highest BCUT2D eigenvalue weighted by Crippen LogP contribution is 2.27. The number of hydrogen-bond donors (Lipinski definition) is 0. The molecule has 0 radical (unpaired) electrons. The first-order valence-electron chi connectivity index (χ1n) is 7.84. The second kappa shape index (κ2) is 6.73. The summed E-state index contributed by atoms with van der Waals surface area (Å²) in [6.45, 7) is 1.51. The van der Waals surface area contributed by atoms with Gasteiger partial charge in [0, 0.05) is 24.6 Å². The van der Waals surface area contributed by atoms with E-state index in [1.54, 1.807) is 12.1 Å². The Morgan fingerprint density at radius 1 is 1.00 bits per heavy atom. The van der Waals surface area contributed by atoms with Gasteiger partial charge in [0.15, 0.2) is 0 Å². The Kier molecular flexibility index (Phi) is 4.52. The molecule has 0 saturated carbocycles. The van der Waals surface area contributed by atoms with E-state index >= 15 is 0 Å². The first-order chi connectivity index (χ1) is 10.7. The van der Waals surface area contributed by atoms with Gasteiger partial charge in [0.2, 0.25) is 0 Å². The predicted octanol–water partition coefficient (Wildman–Crippen LogP) is 4.24. The van der Waals surface area contributed by atoms with Crippen molar-refractivity contribution >= 4 is 5.91 Å². The Morgan fingerprint density at radius 3 is 2.45 bits per heavy atom. The van der Waals surface area contributed by atoms with Gasteiger partial charge in [-0.25, -0.2) is 4.39 Å². The fourth-order valence-electron chi connectivity index (χ4n) is 3.10. The van der Waals surface area contributed by atoms with E-state index in [9.17, 15) is 9.18 Å². The highest BCUT2D eigenvalue weighted by Gasteiger charge is 2.23. The van der Waals surface area contributed by atoms with Crippen molar-refractivity contribution in [3.63, 3.8) is 0 Å². The molecule has 3 rings (SSSR count). The van der Waals surface area contributed by atoms with E-state index in [0.717, 1.165) is 32.4 Å². The van der Waals surface area contributed by atoms with Gasteiger partial charge < -0.3 is 4.90 Å². The SMILES string of the molecule is O=C(c1ccc(F)cc1)N1CCCCC(c2ccccc2)C1. The number of carbonyl (C=O) groups excluding carboxylic acids is 1. The monoisotopic (exact) mass is 297 g/mol. The Balaban J connectivity index is 1.78. The fourth-order valence-corrected chi connectivity index (χ4v) is 3.10. The molecule has 2 aromatic rings. The molecule has 0 N–H and O–H groups in total. The van der Waals surface area contributed by atoms with Crippen LogP contribution in [0, 0.1) is 5.82 Å². The van der Waals surface area contributed by atoms with Crippen LogP contribution in [-0.2, 0) is 0 Å². The van der Waals surface area contributed by atoms with Crippen LogP contribution in [0.25, 0.3) is 0 Å². The summed E-state index contributed by atoms with van der Waals surface area (Å²) in [5.41, 5.74) is 1.86.